The van der Waals surface area contributed by atoms with Crippen LogP contribution in [0, 0.1) is 0 Å². The van der Waals surface area contributed by atoms with Crippen molar-refractivity contribution in [1.29, 1.82) is 0 Å². The first-order chi connectivity index (χ1) is 8.37. The molecule has 19 heavy (non-hydrogen) atoms. The van der Waals surface area contributed by atoms with Gasteiger partial charge in [0, 0.05) is 0 Å². The molecule has 2 aliphatic rings. The molecule has 1 atom stereocenters. The Bertz CT molecular complexity index is 495. The van der Waals surface area contributed by atoms with Crippen LogP contribution in [-0.4, -0.2) is 31.7 Å². The van der Waals surface area contributed by atoms with E-state index in [1.807, 2.05) is 5.20 Å². The molecule has 0 radical (unpaired) electrons. The van der Waals surface area contributed by atoms with E-state index in [1.165, 1.54) is 0 Å². The quantitative estimate of drug-likeness (QED) is 0.574. The van der Waals surface area contributed by atoms with E-state index in [0.717, 1.165) is 0 Å². The summed E-state index contributed by atoms with van der Waals surface area (Å²) in [6.07, 6.45) is 0. The van der Waals surface area contributed by atoms with Crippen LogP contribution < -0.4 is 0 Å². The molecule has 106 valence electrons. The van der Waals surface area contributed by atoms with Gasteiger partial charge in [-0.3, -0.25) is 0 Å². The van der Waals surface area contributed by atoms with Crippen molar-refractivity contribution in [2.45, 2.75) is 77.2 Å². The van der Waals surface area contributed by atoms with Crippen LogP contribution in [0.2, 0.25) is 23.2 Å². The molecule has 3 heteroatoms. The van der Waals surface area contributed by atoms with Gasteiger partial charge in [0.1, 0.15) is 8.24 Å². The summed E-state index contributed by atoms with van der Waals surface area (Å²) in [7, 11) is -1.48. The Labute approximate surface area is 125 Å². The van der Waals surface area contributed by atoms with E-state index in [4.69, 9.17) is 0 Å². The minimum Gasteiger partial charge on any atom is -0.399 e. The minimum atomic E-state index is -1.48. The maximum Gasteiger partial charge on any atom is 0.377 e. The Balaban J connectivity index is 2.72. The van der Waals surface area contributed by atoms with Gasteiger partial charge in [-0.2, -0.15) is 0 Å². The highest BCUT2D eigenvalue weighted by molar-refractivity contribution is 6.96. The van der Waals surface area contributed by atoms with Crippen LogP contribution in [-0.2, 0) is 0 Å². The molecule has 0 bridgehead atoms. The van der Waals surface area contributed by atoms with Gasteiger partial charge in [0.25, 0.3) is 0 Å². The van der Waals surface area contributed by atoms with Gasteiger partial charge in [-0.25, -0.2) is 0 Å². The van der Waals surface area contributed by atoms with Gasteiger partial charge in [0.15, 0.2) is 0 Å². The largest absolute Gasteiger partial charge is 0.399 e. The molecule has 1 saturated heterocycles. The Kier molecular flexibility index (Phi) is 3.36. The summed E-state index contributed by atoms with van der Waals surface area (Å²) in [5.74, 6) is 2.59. The summed E-state index contributed by atoms with van der Waals surface area (Å²) >= 11 is -0.995. The standard InChI is InChI=1S/C15H27NSi.CH3.Al/c1-10-11(2)13(4)14(12(10)3)17(8,9)16-15(5,6)7;;/h1-9H3;1H3;/q-1;;+1. The van der Waals surface area contributed by atoms with E-state index in [-0.39, 0.29) is 0 Å². The highest BCUT2D eigenvalue weighted by atomic mass is 28.3. The van der Waals surface area contributed by atoms with Gasteiger partial charge < -0.3 is 3.55 Å². The van der Waals surface area contributed by atoms with Crippen LogP contribution in [0.5, 0.6) is 0 Å². The van der Waals surface area contributed by atoms with Crippen LogP contribution >= 0.6 is 0 Å². The third-order valence-corrected chi connectivity index (χ3v) is 17.3. The number of hydrogen-bond donors (Lipinski definition) is 0. The molecule has 1 unspecified atom stereocenters. The Morgan fingerprint density at radius 1 is 1.05 bits per heavy atom. The summed E-state index contributed by atoms with van der Waals surface area (Å²) in [6.45, 7) is 22.1. The van der Waals surface area contributed by atoms with Crippen molar-refractivity contribution in [3.8, 4) is 0 Å². The van der Waals surface area contributed by atoms with E-state index in [9.17, 15) is 0 Å². The van der Waals surface area contributed by atoms with E-state index < -0.39 is 22.6 Å². The van der Waals surface area contributed by atoms with Gasteiger partial charge in [-0.05, 0) is 51.4 Å². The van der Waals surface area contributed by atoms with Crippen LogP contribution in [0.15, 0.2) is 21.9 Å². The molecule has 1 fully saturated rings. The summed E-state index contributed by atoms with van der Waals surface area (Å²) in [6, 6.07) is 0. The lowest BCUT2D eigenvalue weighted by Crippen LogP contribution is -2.59. The van der Waals surface area contributed by atoms with Crippen LogP contribution in [0.1, 0.15) is 48.5 Å². The first-order valence-electron chi connectivity index (χ1n) is 7.57. The topological polar surface area (TPSA) is 3.24 Å². The molecule has 1 aliphatic carbocycles. The van der Waals surface area contributed by atoms with Gasteiger partial charge in [0.05, 0.1) is 0 Å². The number of rotatable bonds is 0. The van der Waals surface area contributed by atoms with E-state index in [2.05, 4.69) is 70.9 Å². The van der Waals surface area contributed by atoms with Crippen LogP contribution in [0.3, 0.4) is 0 Å². The lowest BCUT2D eigenvalue weighted by atomic mass is 10.0. The molecule has 0 N–H and O–H groups in total. The van der Waals surface area contributed by atoms with Gasteiger partial charge >= 0.3 is 14.4 Å². The molecule has 0 amide bonds. The lowest BCUT2D eigenvalue weighted by Gasteiger charge is -2.45. The van der Waals surface area contributed by atoms with Crippen molar-refractivity contribution in [3.05, 3.63) is 21.9 Å². The maximum atomic E-state index is 2.99. The predicted octanol–water partition coefficient (Wildman–Crippen LogP) is 4.89. The van der Waals surface area contributed by atoms with Crippen molar-refractivity contribution in [2.24, 2.45) is 0 Å². The maximum absolute atomic E-state index is 2.99. The number of fused-ring (bicyclic) bond motifs is 1. The minimum absolute atomic E-state index is 0.316. The van der Waals surface area contributed by atoms with Crippen molar-refractivity contribution in [2.75, 3.05) is 0 Å². The fraction of sp³-hybridized carbons (Fsp3) is 0.750. The zero-order valence-electron chi connectivity index (χ0n) is 14.5. The van der Waals surface area contributed by atoms with E-state index in [1.54, 1.807) is 16.7 Å². The van der Waals surface area contributed by atoms with Crippen LogP contribution in [0.4, 0.5) is 0 Å². The fourth-order valence-electron chi connectivity index (χ4n) is 5.33. The van der Waals surface area contributed by atoms with Gasteiger partial charge in [0.2, 0.25) is 0 Å². The van der Waals surface area contributed by atoms with Crippen molar-refractivity contribution in [1.82, 2.24) is 3.55 Å². The smallest absolute Gasteiger partial charge is 0.377 e. The average molecular weight is 291 g/mol. The number of allylic oxidation sites excluding steroid dienone is 4. The van der Waals surface area contributed by atoms with Gasteiger partial charge in [-0.1, -0.05) is 47.7 Å². The predicted molar refractivity (Wildman–Crippen MR) is 90.1 cm³/mol. The molecule has 2 rings (SSSR count). The second-order valence-electron chi connectivity index (χ2n) is 8.23. The molecular weight excluding hydrogens is 261 g/mol. The highest BCUT2D eigenvalue weighted by Gasteiger charge is 2.64. The summed E-state index contributed by atoms with van der Waals surface area (Å²) < 4.78 is 3.41. The Morgan fingerprint density at radius 2 is 1.53 bits per heavy atom. The SMILES string of the molecule is CC1=C(C)[C]2(C)C(=C1C)[Si](C)(C)[N](C(C)(C)C)[Al]2[CH3]. The molecule has 0 spiro atoms. The molecule has 0 aromatic carbocycles. The Hall–Kier alpha value is 0.189. The summed E-state index contributed by atoms with van der Waals surface area (Å²) in [5.41, 5.74) is 5.20. The zero-order valence-corrected chi connectivity index (χ0v) is 16.7. The second-order valence-corrected chi connectivity index (χ2v) is 15.9. The molecule has 0 aromatic rings. The van der Waals surface area contributed by atoms with Crippen LogP contribution in [0.25, 0.3) is 0 Å². The molecule has 1 heterocycles. The number of nitrogens with zero attached hydrogens (tertiary/aromatic N) is 1. The first-order valence-corrected chi connectivity index (χ1v) is 12.8. The zero-order chi connectivity index (χ0) is 15.0. The van der Waals surface area contributed by atoms with E-state index >= 15 is 0 Å². The molecule has 1 aliphatic heterocycles. The molecule has 1 nitrogen and oxygen atoms in total. The van der Waals surface area contributed by atoms with Crippen molar-refractivity contribution >= 4 is 22.6 Å². The van der Waals surface area contributed by atoms with E-state index in [0.29, 0.717) is 9.82 Å². The summed E-state index contributed by atoms with van der Waals surface area (Å²) in [4.78, 5) is 0. The lowest BCUT2D eigenvalue weighted by molar-refractivity contribution is 0.359. The Morgan fingerprint density at radius 3 is 1.89 bits per heavy atom. The second kappa shape index (κ2) is 4.10. The van der Waals surface area contributed by atoms with Crippen molar-refractivity contribution < 1.29 is 0 Å². The summed E-state index contributed by atoms with van der Waals surface area (Å²) in [5, 5.41) is 1.85. The normalized spacial score (nSPS) is 31.6. The molecular formula is C16H30AlNSi. The number of hydrogen-bond acceptors (Lipinski definition) is 1. The fourth-order valence-corrected chi connectivity index (χ4v) is 19.7. The molecule has 0 aromatic heterocycles. The highest BCUT2D eigenvalue weighted by Crippen LogP contribution is 2.63. The monoisotopic (exact) mass is 291 g/mol. The third-order valence-electron chi connectivity index (χ3n) is 5.96. The van der Waals surface area contributed by atoms with Crippen molar-refractivity contribution in [3.63, 3.8) is 0 Å². The third kappa shape index (κ3) is 1.75. The first kappa shape index (κ1) is 15.6. The average Bonchev–Trinajstić information content (AvgIpc) is 2.49. The molecule has 0 saturated carbocycles. The van der Waals surface area contributed by atoms with Gasteiger partial charge in [-0.15, -0.1) is 0 Å².